The Balaban J connectivity index is 2.02. The fraction of sp³-hybridized carbons (Fsp3) is 0.130. The van der Waals surface area contributed by atoms with Gasteiger partial charge in [0.1, 0.15) is 34.6 Å². The van der Waals surface area contributed by atoms with Crippen LogP contribution in [0.1, 0.15) is 5.56 Å². The zero-order valence-corrected chi connectivity index (χ0v) is 19.8. The maximum absolute atomic E-state index is 14.7. The summed E-state index contributed by atoms with van der Waals surface area (Å²) < 4.78 is 54.6. The number of nitrogens with zero attached hydrogens (tertiary/aromatic N) is 2. The van der Waals surface area contributed by atoms with Crippen molar-refractivity contribution >= 4 is 46.3 Å². The Labute approximate surface area is 207 Å². The number of rotatable bonds is 7. The molecular formula is C23H17Cl2F3N4O3. The first kappa shape index (κ1) is 24.5. The third-order valence-electron chi connectivity index (χ3n) is 5.01. The van der Waals surface area contributed by atoms with Crippen molar-refractivity contribution in [2.75, 3.05) is 19.0 Å². The monoisotopic (exact) mass is 524 g/mol. The molecule has 0 bridgehead atoms. The van der Waals surface area contributed by atoms with Crippen LogP contribution in [0.4, 0.5) is 24.7 Å². The van der Waals surface area contributed by atoms with Crippen molar-refractivity contribution in [3.8, 4) is 22.8 Å². The molecule has 0 aliphatic carbocycles. The molecule has 2 aromatic heterocycles. The van der Waals surface area contributed by atoms with Gasteiger partial charge in [0.15, 0.2) is 18.1 Å². The predicted octanol–water partition coefficient (Wildman–Crippen LogP) is 5.65. The number of aromatic nitrogens is 2. The minimum absolute atomic E-state index is 0.0472. The number of benzene rings is 2. The number of hydrogen-bond acceptors (Lipinski definition) is 5. The van der Waals surface area contributed by atoms with Gasteiger partial charge >= 0.3 is 0 Å². The number of halogens is 5. The smallest absolute Gasteiger partial charge is 0.255 e. The van der Waals surface area contributed by atoms with Crippen LogP contribution in [0.3, 0.4) is 0 Å². The summed E-state index contributed by atoms with van der Waals surface area (Å²) in [5.74, 6) is -2.63. The first-order chi connectivity index (χ1) is 16.6. The van der Waals surface area contributed by atoms with Crippen LogP contribution in [-0.4, -0.2) is 29.0 Å². The van der Waals surface area contributed by atoms with Crippen LogP contribution in [0.25, 0.3) is 16.9 Å². The molecule has 0 aliphatic heterocycles. The molecular weight excluding hydrogens is 508 g/mol. The first-order valence-corrected chi connectivity index (χ1v) is 10.7. The molecule has 1 amide bonds. The lowest BCUT2D eigenvalue weighted by Gasteiger charge is -2.17. The summed E-state index contributed by atoms with van der Waals surface area (Å²) in [7, 11) is 1.45. The zero-order valence-electron chi connectivity index (χ0n) is 18.3. The van der Waals surface area contributed by atoms with Gasteiger partial charge in [-0.05, 0) is 30.7 Å². The number of carbonyl (C=O) groups excluding carboxylic acids is 1. The minimum Gasteiger partial charge on any atom is -0.497 e. The summed E-state index contributed by atoms with van der Waals surface area (Å²) in [6.45, 7) is 1.24. The van der Waals surface area contributed by atoms with E-state index >= 15 is 0 Å². The molecule has 0 fully saturated rings. The van der Waals surface area contributed by atoms with Gasteiger partial charge in [-0.1, -0.05) is 23.2 Å². The SMILES string of the molecule is COc1cc(C)c(-c2nc3c(F)cc(F)cn3c2Nc2c(Cl)cc(F)cc2Cl)c(OCC(N)=O)c1. The van der Waals surface area contributed by atoms with E-state index in [1.165, 1.54) is 13.2 Å². The molecule has 4 aromatic rings. The van der Waals surface area contributed by atoms with E-state index in [4.69, 9.17) is 38.4 Å². The van der Waals surface area contributed by atoms with Crippen molar-refractivity contribution in [3.63, 3.8) is 0 Å². The Hall–Kier alpha value is -3.63. The zero-order chi connectivity index (χ0) is 25.4. The molecule has 0 spiro atoms. The van der Waals surface area contributed by atoms with Crippen molar-refractivity contribution < 1.29 is 27.4 Å². The van der Waals surface area contributed by atoms with Crippen molar-refractivity contribution in [2.24, 2.45) is 5.73 Å². The molecule has 35 heavy (non-hydrogen) atoms. The van der Waals surface area contributed by atoms with Gasteiger partial charge in [-0.25, -0.2) is 18.2 Å². The van der Waals surface area contributed by atoms with Gasteiger partial charge in [0.2, 0.25) is 0 Å². The van der Waals surface area contributed by atoms with E-state index in [0.717, 1.165) is 22.7 Å². The van der Waals surface area contributed by atoms with Gasteiger partial charge < -0.3 is 20.5 Å². The second-order valence-corrected chi connectivity index (χ2v) is 8.27. The number of nitrogens with two attached hydrogens (primary N) is 1. The van der Waals surface area contributed by atoms with E-state index in [-0.39, 0.29) is 38.6 Å². The summed E-state index contributed by atoms with van der Waals surface area (Å²) in [4.78, 5) is 15.7. The maximum Gasteiger partial charge on any atom is 0.255 e. The Morgan fingerprint density at radius 1 is 1.11 bits per heavy atom. The molecule has 7 nitrogen and oxygen atoms in total. The van der Waals surface area contributed by atoms with Crippen LogP contribution in [-0.2, 0) is 4.79 Å². The number of ether oxygens (including phenoxy) is 2. The van der Waals surface area contributed by atoms with Crippen LogP contribution in [0.15, 0.2) is 36.5 Å². The minimum atomic E-state index is -0.943. The number of hydrogen-bond donors (Lipinski definition) is 2. The van der Waals surface area contributed by atoms with Crippen molar-refractivity contribution in [1.82, 2.24) is 9.38 Å². The fourth-order valence-corrected chi connectivity index (χ4v) is 4.11. The summed E-state index contributed by atoms with van der Waals surface area (Å²) in [6, 6.07) is 5.89. The summed E-state index contributed by atoms with van der Waals surface area (Å²) in [5, 5.41) is 2.76. The molecule has 3 N–H and O–H groups in total. The quantitative estimate of drug-likeness (QED) is 0.326. The average molecular weight is 525 g/mol. The number of primary amides is 1. The lowest BCUT2D eigenvalue weighted by atomic mass is 10.0. The fourth-order valence-electron chi connectivity index (χ4n) is 3.55. The highest BCUT2D eigenvalue weighted by molar-refractivity contribution is 6.39. The van der Waals surface area contributed by atoms with E-state index in [1.54, 1.807) is 13.0 Å². The van der Waals surface area contributed by atoms with Crippen LogP contribution < -0.4 is 20.5 Å². The molecule has 0 saturated carbocycles. The van der Waals surface area contributed by atoms with E-state index in [1.807, 2.05) is 0 Å². The maximum atomic E-state index is 14.7. The predicted molar refractivity (Wildman–Crippen MR) is 126 cm³/mol. The van der Waals surface area contributed by atoms with Gasteiger partial charge in [-0.2, -0.15) is 0 Å². The van der Waals surface area contributed by atoms with Crippen molar-refractivity contribution in [2.45, 2.75) is 6.92 Å². The number of carbonyl (C=O) groups is 1. The Kier molecular flexibility index (Phi) is 6.68. The number of pyridine rings is 1. The topological polar surface area (TPSA) is 90.9 Å². The Bertz CT molecular complexity index is 1450. The van der Waals surface area contributed by atoms with Gasteiger partial charge in [0, 0.05) is 23.9 Å². The van der Waals surface area contributed by atoms with Gasteiger partial charge in [-0.15, -0.1) is 0 Å². The van der Waals surface area contributed by atoms with Gasteiger partial charge in [-0.3, -0.25) is 9.20 Å². The second-order valence-electron chi connectivity index (χ2n) is 7.45. The molecule has 12 heteroatoms. The number of amides is 1. The molecule has 4 rings (SSSR count). The summed E-state index contributed by atoms with van der Waals surface area (Å²) in [6.07, 6.45) is 1.01. The molecule has 0 aliphatic rings. The second kappa shape index (κ2) is 9.55. The average Bonchev–Trinajstić information content (AvgIpc) is 3.12. The van der Waals surface area contributed by atoms with Crippen molar-refractivity contribution in [1.29, 1.82) is 0 Å². The third kappa shape index (κ3) is 4.80. The largest absolute Gasteiger partial charge is 0.497 e. The van der Waals surface area contributed by atoms with E-state index in [0.29, 0.717) is 22.9 Å². The van der Waals surface area contributed by atoms with E-state index < -0.39 is 30.0 Å². The van der Waals surface area contributed by atoms with Crippen LogP contribution in [0, 0.1) is 24.4 Å². The Morgan fingerprint density at radius 2 is 1.80 bits per heavy atom. The molecule has 0 unspecified atom stereocenters. The Morgan fingerprint density at radius 3 is 2.43 bits per heavy atom. The summed E-state index contributed by atoms with van der Waals surface area (Å²) in [5.41, 5.74) is 6.08. The first-order valence-electron chi connectivity index (χ1n) is 9.97. The highest BCUT2D eigenvalue weighted by atomic mass is 35.5. The number of fused-ring (bicyclic) bond motifs is 1. The number of anilines is 2. The normalized spacial score (nSPS) is 11.1. The molecule has 0 atom stereocenters. The molecule has 182 valence electrons. The molecule has 2 aromatic carbocycles. The van der Waals surface area contributed by atoms with Crippen molar-refractivity contribution in [3.05, 3.63) is 69.6 Å². The van der Waals surface area contributed by atoms with Crippen LogP contribution in [0.2, 0.25) is 10.0 Å². The van der Waals surface area contributed by atoms with E-state index in [9.17, 15) is 18.0 Å². The highest BCUT2D eigenvalue weighted by Gasteiger charge is 2.25. The number of methoxy groups -OCH3 is 1. The summed E-state index contributed by atoms with van der Waals surface area (Å²) >= 11 is 12.4. The number of nitrogens with one attached hydrogen (secondary N) is 1. The van der Waals surface area contributed by atoms with Gasteiger partial charge in [0.05, 0.1) is 22.8 Å². The molecule has 2 heterocycles. The van der Waals surface area contributed by atoms with Crippen LogP contribution in [0.5, 0.6) is 11.5 Å². The molecule has 0 radical (unpaired) electrons. The highest BCUT2D eigenvalue weighted by Crippen LogP contribution is 2.43. The molecule has 0 saturated heterocycles. The number of aryl methyl sites for hydroxylation is 1. The van der Waals surface area contributed by atoms with Gasteiger partial charge in [0.25, 0.3) is 5.91 Å². The number of imidazole rings is 1. The van der Waals surface area contributed by atoms with Crippen LogP contribution >= 0.6 is 23.2 Å². The lowest BCUT2D eigenvalue weighted by molar-refractivity contribution is -0.119. The standard InChI is InChI=1S/C23H17Cl2F3N4O3/c1-10-3-13(34-2)7-17(35-9-18(29)33)19(10)21-23(30-20-14(24)4-11(26)5-15(20)25)32-8-12(27)6-16(28)22(32)31-21/h3-8,30H,9H2,1-2H3,(H2,29,33). The lowest BCUT2D eigenvalue weighted by Crippen LogP contribution is -2.20. The third-order valence-corrected chi connectivity index (χ3v) is 5.60. The van der Waals surface area contributed by atoms with E-state index in [2.05, 4.69) is 10.3 Å².